The molecule has 19 heteroatoms. The van der Waals surface area contributed by atoms with Gasteiger partial charge in [-0.25, -0.2) is 8.78 Å². The Labute approximate surface area is 341 Å². The number of aromatic nitrogens is 4. The lowest BCUT2D eigenvalue weighted by atomic mass is 9.89. The Balaban J connectivity index is 0.000000201. The molecule has 61 heavy (non-hydrogen) atoms. The molecule has 0 radical (unpaired) electrons. The van der Waals surface area contributed by atoms with Gasteiger partial charge in [0.05, 0.1) is 38.8 Å². The van der Waals surface area contributed by atoms with Gasteiger partial charge in [0.1, 0.15) is 22.7 Å². The van der Waals surface area contributed by atoms with E-state index >= 15 is 0 Å². The van der Waals surface area contributed by atoms with Gasteiger partial charge in [0.2, 0.25) is 11.2 Å². The highest BCUT2D eigenvalue weighted by Gasteiger charge is 2.62. The number of aliphatic hydroxyl groups excluding tert-OH is 4. The predicted molar refractivity (Wildman–Crippen MR) is 203 cm³/mol. The highest BCUT2D eigenvalue weighted by molar-refractivity contribution is 5.93. The van der Waals surface area contributed by atoms with Crippen LogP contribution >= 0.6 is 0 Å². The summed E-state index contributed by atoms with van der Waals surface area (Å²) in [5.41, 5.74) is -9.76. The molecule has 0 unspecified atom stereocenters. The second kappa shape index (κ2) is 15.4. The van der Waals surface area contributed by atoms with Crippen LogP contribution < -0.4 is 0 Å². The molecule has 0 amide bonds. The summed E-state index contributed by atoms with van der Waals surface area (Å²) in [4.78, 5) is 0. The van der Waals surface area contributed by atoms with E-state index in [-0.39, 0.29) is 61.1 Å². The fraction of sp³-hybridized carbons (Fsp3) is 0.286. The summed E-state index contributed by atoms with van der Waals surface area (Å²) >= 11 is 0. The monoisotopic (exact) mass is 862 g/mol. The molecule has 11 nitrogen and oxygen atoms in total. The van der Waals surface area contributed by atoms with Gasteiger partial charge in [-0.2, -0.15) is 36.5 Å². The number of nitrogens with zero attached hydrogens (tertiary/aromatic N) is 4. The topological polar surface area (TPSA) is 189 Å². The molecule has 0 saturated carbocycles. The maximum atomic E-state index is 14.5. The van der Waals surface area contributed by atoms with Crippen LogP contribution in [0.25, 0.3) is 44.5 Å². The van der Waals surface area contributed by atoms with Crippen molar-refractivity contribution >= 4 is 0 Å². The van der Waals surface area contributed by atoms with Crippen LogP contribution in [0.4, 0.5) is 35.1 Å². The van der Waals surface area contributed by atoms with Crippen molar-refractivity contribution in [3.05, 3.63) is 131 Å². The molecule has 0 aliphatic heterocycles. The van der Waals surface area contributed by atoms with Crippen LogP contribution in [0.15, 0.2) is 97.6 Å². The predicted octanol–water partition coefficient (Wildman–Crippen LogP) is 5.51. The Bertz CT molecular complexity index is 2420. The molecule has 0 bridgehead atoms. The van der Waals surface area contributed by atoms with Crippen LogP contribution in [-0.2, 0) is 22.3 Å². The van der Waals surface area contributed by atoms with Crippen LogP contribution in [0, 0.1) is 11.6 Å². The minimum Gasteiger partial charge on any atom is -0.412 e. The average Bonchev–Trinajstić information content (AvgIpc) is 4.02. The summed E-state index contributed by atoms with van der Waals surface area (Å²) in [6.45, 7) is 1.31. The molecule has 8 N–H and O–H groups in total. The van der Waals surface area contributed by atoms with E-state index in [0.717, 1.165) is 12.1 Å². The van der Waals surface area contributed by atoms with Crippen molar-refractivity contribution in [3.8, 4) is 44.5 Å². The van der Waals surface area contributed by atoms with E-state index in [1.807, 2.05) is 0 Å². The quantitative estimate of drug-likeness (QED) is 0.108. The number of benzene rings is 4. The Hall–Kier alpha value is -5.54. The maximum absolute atomic E-state index is 14.5. The number of halogens is 8. The SMILES string of the molecule is CC(CO)(CO)n1cc(-c2cc(F)cc3c2-c2ccccc2[C@]3(O)C(F)(F)F)cn1.CC(CO)(CO)n1cc(-c2cc(F)cc3c2-c2ccccc2[C@]3(O)C(F)(F)F)cn1.O. The number of alkyl halides is 6. The van der Waals surface area contributed by atoms with Crippen LogP contribution in [0.1, 0.15) is 36.1 Å². The summed E-state index contributed by atoms with van der Waals surface area (Å²) in [6, 6.07) is 14.6. The first-order valence-electron chi connectivity index (χ1n) is 18.1. The van der Waals surface area contributed by atoms with Crippen molar-refractivity contribution in [1.82, 2.24) is 19.6 Å². The first kappa shape index (κ1) is 45.0. The molecule has 2 heterocycles. The molecule has 0 saturated heterocycles. The zero-order chi connectivity index (χ0) is 43.8. The van der Waals surface area contributed by atoms with Crippen LogP contribution in [0.5, 0.6) is 0 Å². The normalized spacial score (nSPS) is 18.1. The number of rotatable bonds is 8. The second-order valence-corrected chi connectivity index (χ2v) is 15.2. The standard InChI is InChI=1S/2C21H18F4N2O3.H2O/c2*1-19(10-28,11-29)27-9-12(8-26-27)15-6-13(22)7-17-18(15)14-4-2-3-5-16(14)20(17,30)21(23,24)25;/h2*2-9,28-30H,10-11H2,1H3;1H2/t2*20-;/m11./s1. The minimum absolute atomic E-state index is 0. The molecular weight excluding hydrogens is 824 g/mol. The van der Waals surface area contributed by atoms with E-state index in [0.29, 0.717) is 12.1 Å². The van der Waals surface area contributed by atoms with Gasteiger partial charge < -0.3 is 36.1 Å². The summed E-state index contributed by atoms with van der Waals surface area (Å²) in [7, 11) is 0. The molecule has 324 valence electrons. The molecular formula is C42H38F8N4O7. The molecule has 8 rings (SSSR count). The van der Waals surface area contributed by atoms with Crippen LogP contribution in [-0.4, -0.2) is 94.5 Å². The summed E-state index contributed by atoms with van der Waals surface area (Å²) in [5.74, 6) is -1.89. The van der Waals surface area contributed by atoms with Gasteiger partial charge in [0.15, 0.2) is 0 Å². The van der Waals surface area contributed by atoms with Gasteiger partial charge in [-0.3, -0.25) is 9.36 Å². The molecule has 2 aromatic heterocycles. The highest BCUT2D eigenvalue weighted by atomic mass is 19.4. The third kappa shape index (κ3) is 6.80. The molecule has 2 atom stereocenters. The van der Waals surface area contributed by atoms with Gasteiger partial charge in [0, 0.05) is 45.8 Å². The third-order valence-electron chi connectivity index (χ3n) is 11.2. The van der Waals surface area contributed by atoms with Crippen molar-refractivity contribution in [2.45, 2.75) is 48.5 Å². The maximum Gasteiger partial charge on any atom is 0.425 e. The fourth-order valence-corrected chi connectivity index (χ4v) is 7.66. The Kier molecular flexibility index (Phi) is 11.4. The second-order valence-electron chi connectivity index (χ2n) is 15.2. The summed E-state index contributed by atoms with van der Waals surface area (Å²) < 4.78 is 115. The molecule has 6 aromatic rings. The molecule has 2 aliphatic carbocycles. The largest absolute Gasteiger partial charge is 0.425 e. The molecule has 0 fully saturated rings. The van der Waals surface area contributed by atoms with Gasteiger partial charge in [-0.15, -0.1) is 0 Å². The Morgan fingerprint density at radius 2 is 0.852 bits per heavy atom. The van der Waals surface area contributed by atoms with Crippen LogP contribution in [0.2, 0.25) is 0 Å². The van der Waals surface area contributed by atoms with E-state index in [4.69, 9.17) is 0 Å². The summed E-state index contributed by atoms with van der Waals surface area (Å²) in [6.07, 6.45) is -4.70. The fourth-order valence-electron chi connectivity index (χ4n) is 7.66. The van der Waals surface area contributed by atoms with E-state index < -0.39 is 83.8 Å². The lowest BCUT2D eigenvalue weighted by molar-refractivity contribution is -0.247. The van der Waals surface area contributed by atoms with Gasteiger partial charge in [0.25, 0.3) is 0 Å². The van der Waals surface area contributed by atoms with E-state index in [9.17, 15) is 65.8 Å². The van der Waals surface area contributed by atoms with Crippen molar-refractivity contribution in [2.75, 3.05) is 26.4 Å². The molecule has 4 aromatic carbocycles. The Morgan fingerprint density at radius 1 is 0.525 bits per heavy atom. The zero-order valence-electron chi connectivity index (χ0n) is 32.1. The van der Waals surface area contributed by atoms with E-state index in [2.05, 4.69) is 10.2 Å². The first-order chi connectivity index (χ1) is 28.1. The minimum atomic E-state index is -5.07. The lowest BCUT2D eigenvalue weighted by Gasteiger charge is -2.28. The highest BCUT2D eigenvalue weighted by Crippen LogP contribution is 2.59. The number of fused-ring (bicyclic) bond motifs is 6. The third-order valence-corrected chi connectivity index (χ3v) is 11.2. The van der Waals surface area contributed by atoms with Gasteiger partial charge in [-0.05, 0) is 71.5 Å². The van der Waals surface area contributed by atoms with Crippen molar-refractivity contribution in [3.63, 3.8) is 0 Å². The average molecular weight is 863 g/mol. The zero-order valence-corrected chi connectivity index (χ0v) is 32.1. The molecule has 0 spiro atoms. The lowest BCUT2D eigenvalue weighted by Crippen LogP contribution is -2.41. The van der Waals surface area contributed by atoms with Gasteiger partial charge in [-0.1, -0.05) is 48.5 Å². The van der Waals surface area contributed by atoms with Crippen molar-refractivity contribution in [2.24, 2.45) is 0 Å². The molecule has 2 aliphatic rings. The van der Waals surface area contributed by atoms with E-state index in [1.165, 1.54) is 96.5 Å². The Morgan fingerprint density at radius 3 is 1.16 bits per heavy atom. The number of aliphatic hydroxyl groups is 6. The number of hydrogen-bond donors (Lipinski definition) is 6. The van der Waals surface area contributed by atoms with Crippen LogP contribution in [0.3, 0.4) is 0 Å². The smallest absolute Gasteiger partial charge is 0.412 e. The van der Waals surface area contributed by atoms with E-state index in [1.54, 1.807) is 0 Å². The summed E-state index contributed by atoms with van der Waals surface area (Å²) in [5, 5.41) is 68.0. The van der Waals surface area contributed by atoms with Gasteiger partial charge >= 0.3 is 12.4 Å². The number of hydrogen-bond acceptors (Lipinski definition) is 8. The van der Waals surface area contributed by atoms with Crippen molar-refractivity contribution < 1.29 is 71.2 Å². The first-order valence-corrected chi connectivity index (χ1v) is 18.1. The van der Waals surface area contributed by atoms with Crippen molar-refractivity contribution in [1.29, 1.82) is 0 Å².